The van der Waals surface area contributed by atoms with Crippen molar-refractivity contribution in [2.24, 2.45) is 5.92 Å². The van der Waals surface area contributed by atoms with Crippen molar-refractivity contribution in [3.8, 4) is 0 Å². The summed E-state index contributed by atoms with van der Waals surface area (Å²) in [6, 6.07) is 0. The van der Waals surface area contributed by atoms with Crippen LogP contribution in [0.4, 0.5) is 0 Å². The van der Waals surface area contributed by atoms with Gasteiger partial charge in [0.05, 0.1) is 18.1 Å². The van der Waals surface area contributed by atoms with Crippen LogP contribution >= 0.6 is 0 Å². The van der Waals surface area contributed by atoms with Crippen molar-refractivity contribution in [3.63, 3.8) is 0 Å². The third-order valence-electron chi connectivity index (χ3n) is 3.51. The molecule has 2 unspecified atom stereocenters. The molecule has 1 saturated heterocycles. The van der Waals surface area contributed by atoms with Crippen molar-refractivity contribution in [1.82, 2.24) is 5.32 Å². The molecular formula is C11H22N2O3. The fraction of sp³-hybridized carbons (Fsp3) is 0.909. The molecule has 5 heteroatoms. The van der Waals surface area contributed by atoms with Gasteiger partial charge in [0.25, 0.3) is 0 Å². The molecule has 5 nitrogen and oxygen atoms in total. The van der Waals surface area contributed by atoms with Crippen molar-refractivity contribution in [2.45, 2.75) is 45.2 Å². The van der Waals surface area contributed by atoms with E-state index >= 15 is 0 Å². The smallest absolute Gasteiger partial charge is 0.229 e. The standard InChI is InChI=1S/C11H22N2O3/c1-10(2)7-8(9(15)12-5-6-14)11(3,4)13(10)16/h8,13-14H,5-7H2,1-4H3,(H,12,15). The third-order valence-corrected chi connectivity index (χ3v) is 3.51. The van der Waals surface area contributed by atoms with Gasteiger partial charge in [-0.15, -0.1) is 0 Å². The Bertz CT molecular complexity index is 276. The molecular weight excluding hydrogens is 208 g/mol. The number of amides is 1. The van der Waals surface area contributed by atoms with Gasteiger partial charge in [0, 0.05) is 13.0 Å². The van der Waals surface area contributed by atoms with Crippen LogP contribution in [-0.4, -0.2) is 35.2 Å². The van der Waals surface area contributed by atoms with Crippen molar-refractivity contribution >= 4 is 5.91 Å². The van der Waals surface area contributed by atoms with Gasteiger partial charge in [-0.25, -0.2) is 0 Å². The number of hydrogen-bond acceptors (Lipinski definition) is 3. The summed E-state index contributed by atoms with van der Waals surface area (Å²) < 4.78 is 0. The van der Waals surface area contributed by atoms with E-state index in [-0.39, 0.29) is 30.0 Å². The minimum atomic E-state index is -0.608. The van der Waals surface area contributed by atoms with Crippen LogP contribution in [0.2, 0.25) is 0 Å². The third kappa shape index (κ3) is 2.21. The van der Waals surface area contributed by atoms with Crippen LogP contribution in [-0.2, 0) is 4.79 Å². The Labute approximate surface area is 96.4 Å². The van der Waals surface area contributed by atoms with E-state index in [2.05, 4.69) is 5.32 Å². The highest BCUT2D eigenvalue weighted by Crippen LogP contribution is 2.30. The summed E-state index contributed by atoms with van der Waals surface area (Å²) >= 11 is 0. The molecule has 2 atom stereocenters. The maximum Gasteiger partial charge on any atom is 0.229 e. The van der Waals surface area contributed by atoms with Crippen molar-refractivity contribution in [2.75, 3.05) is 13.2 Å². The Balaban J connectivity index is 2.79. The topological polar surface area (TPSA) is 76.8 Å². The number of aliphatic hydroxyl groups excluding tert-OH is 1. The van der Waals surface area contributed by atoms with Gasteiger partial charge in [0.1, 0.15) is 5.54 Å². The summed E-state index contributed by atoms with van der Waals surface area (Å²) in [5, 5.41) is 23.6. The van der Waals surface area contributed by atoms with Crippen LogP contribution in [0.3, 0.4) is 0 Å². The molecule has 1 aliphatic heterocycles. The van der Waals surface area contributed by atoms with Crippen LogP contribution in [0.5, 0.6) is 0 Å². The number of carbonyl (C=O) groups is 1. The summed E-state index contributed by atoms with van der Waals surface area (Å²) in [6.45, 7) is 7.60. The van der Waals surface area contributed by atoms with Crippen molar-refractivity contribution in [1.29, 1.82) is 0 Å². The lowest BCUT2D eigenvalue weighted by Gasteiger charge is -2.41. The molecule has 0 radical (unpaired) electrons. The van der Waals surface area contributed by atoms with E-state index in [9.17, 15) is 10.0 Å². The summed E-state index contributed by atoms with van der Waals surface area (Å²) in [5.74, 6) is -0.417. The molecule has 1 amide bonds. The predicted molar refractivity (Wildman–Crippen MR) is 60.7 cm³/mol. The van der Waals surface area contributed by atoms with Crippen LogP contribution in [0.15, 0.2) is 0 Å². The molecule has 0 spiro atoms. The van der Waals surface area contributed by atoms with E-state index in [0.717, 1.165) is 0 Å². The number of aliphatic hydroxyl groups is 1. The van der Waals surface area contributed by atoms with Gasteiger partial charge >= 0.3 is 0 Å². The SMILES string of the molecule is CC1(C)CC(C(=O)NCCO)C(C)(C)[NH+]1[O-]. The first-order valence-corrected chi connectivity index (χ1v) is 5.67. The highest BCUT2D eigenvalue weighted by Gasteiger charge is 2.54. The van der Waals surface area contributed by atoms with E-state index in [1.54, 1.807) is 0 Å². The monoisotopic (exact) mass is 230 g/mol. The number of hydroxylamine groups is 2. The zero-order chi connectivity index (χ0) is 12.6. The summed E-state index contributed by atoms with van der Waals surface area (Å²) in [5.41, 5.74) is -1.03. The Hall–Kier alpha value is -0.650. The first-order valence-electron chi connectivity index (χ1n) is 5.67. The molecule has 3 N–H and O–H groups in total. The number of nitrogens with one attached hydrogen (secondary N) is 2. The lowest BCUT2D eigenvalue weighted by atomic mass is 9.86. The summed E-state index contributed by atoms with van der Waals surface area (Å²) in [6.07, 6.45) is 0.579. The minimum Gasteiger partial charge on any atom is -0.634 e. The van der Waals surface area contributed by atoms with E-state index in [4.69, 9.17) is 5.11 Å². The van der Waals surface area contributed by atoms with Gasteiger partial charge in [-0.05, 0) is 27.7 Å². The molecule has 1 aliphatic rings. The average Bonchev–Trinajstić information content (AvgIpc) is 2.35. The van der Waals surface area contributed by atoms with E-state index in [0.29, 0.717) is 6.42 Å². The maximum atomic E-state index is 12.1. The Morgan fingerprint density at radius 1 is 1.50 bits per heavy atom. The van der Waals surface area contributed by atoms with Gasteiger partial charge in [0.2, 0.25) is 5.91 Å². The molecule has 1 rings (SSSR count). The fourth-order valence-corrected chi connectivity index (χ4v) is 2.61. The van der Waals surface area contributed by atoms with Crippen LogP contribution in [0.25, 0.3) is 0 Å². The highest BCUT2D eigenvalue weighted by molar-refractivity contribution is 5.80. The van der Waals surface area contributed by atoms with Crippen LogP contribution in [0, 0.1) is 11.1 Å². The zero-order valence-corrected chi connectivity index (χ0v) is 10.5. The van der Waals surface area contributed by atoms with Crippen LogP contribution in [0.1, 0.15) is 34.1 Å². The average molecular weight is 230 g/mol. The fourth-order valence-electron chi connectivity index (χ4n) is 2.61. The molecule has 0 aromatic rings. The molecule has 1 fully saturated rings. The zero-order valence-electron chi connectivity index (χ0n) is 10.5. The number of carbonyl (C=O) groups excluding carboxylic acids is 1. The molecule has 0 aliphatic carbocycles. The quantitative estimate of drug-likeness (QED) is 0.547. The number of rotatable bonds is 3. The normalized spacial score (nSPS) is 31.4. The number of hydrogen-bond donors (Lipinski definition) is 3. The molecule has 0 aromatic carbocycles. The Morgan fingerprint density at radius 2 is 2.06 bits per heavy atom. The molecule has 16 heavy (non-hydrogen) atoms. The van der Waals surface area contributed by atoms with E-state index in [1.807, 2.05) is 27.7 Å². The summed E-state index contributed by atoms with van der Waals surface area (Å²) in [4.78, 5) is 11.9. The van der Waals surface area contributed by atoms with E-state index < -0.39 is 11.1 Å². The largest absolute Gasteiger partial charge is 0.634 e. The minimum absolute atomic E-state index is 0.0732. The first-order chi connectivity index (χ1) is 7.23. The van der Waals surface area contributed by atoms with Gasteiger partial charge < -0.3 is 20.7 Å². The number of quaternary nitrogens is 1. The second-order valence-electron chi connectivity index (χ2n) is 5.71. The summed E-state index contributed by atoms with van der Waals surface area (Å²) in [7, 11) is 0. The molecule has 0 bridgehead atoms. The maximum absolute atomic E-state index is 12.1. The van der Waals surface area contributed by atoms with Gasteiger partial charge in [-0.3, -0.25) is 4.79 Å². The van der Waals surface area contributed by atoms with E-state index in [1.165, 1.54) is 0 Å². The molecule has 0 saturated carbocycles. The lowest BCUT2D eigenvalue weighted by Crippen LogP contribution is -3.19. The Kier molecular flexibility index (Phi) is 3.62. The second kappa shape index (κ2) is 4.31. The first kappa shape index (κ1) is 13.4. The molecule has 1 heterocycles. The lowest BCUT2D eigenvalue weighted by molar-refractivity contribution is -0.933. The van der Waals surface area contributed by atoms with Gasteiger partial charge in [0.15, 0.2) is 0 Å². The van der Waals surface area contributed by atoms with Crippen molar-refractivity contribution in [3.05, 3.63) is 5.21 Å². The van der Waals surface area contributed by atoms with Crippen molar-refractivity contribution < 1.29 is 15.0 Å². The second-order valence-corrected chi connectivity index (χ2v) is 5.71. The molecule has 0 aromatic heterocycles. The molecule has 94 valence electrons. The highest BCUT2D eigenvalue weighted by atomic mass is 16.5. The van der Waals surface area contributed by atoms with Gasteiger partial charge in [-0.1, -0.05) is 0 Å². The van der Waals surface area contributed by atoms with Gasteiger partial charge in [-0.2, -0.15) is 0 Å². The Morgan fingerprint density at radius 3 is 2.44 bits per heavy atom. The van der Waals surface area contributed by atoms with Crippen LogP contribution < -0.4 is 10.4 Å². The predicted octanol–water partition coefficient (Wildman–Crippen LogP) is -0.945.